The Morgan fingerprint density at radius 3 is 2.92 bits per heavy atom. The molecule has 0 spiro atoms. The summed E-state index contributed by atoms with van der Waals surface area (Å²) >= 11 is 0. The molecule has 4 N–H and O–H groups in total. The topological polar surface area (TPSA) is 78.6 Å². The lowest BCUT2D eigenvalue weighted by Crippen LogP contribution is -2.45. The van der Waals surface area contributed by atoms with Gasteiger partial charge in [0.25, 0.3) is 0 Å². The molecule has 1 aliphatic heterocycles. The summed E-state index contributed by atoms with van der Waals surface area (Å²) in [6.07, 6.45) is 1.62. The van der Waals surface area contributed by atoms with Crippen molar-refractivity contribution in [3.63, 3.8) is 0 Å². The van der Waals surface area contributed by atoms with Crippen molar-refractivity contribution in [2.24, 2.45) is 5.84 Å². The average molecular weight is 173 g/mol. The summed E-state index contributed by atoms with van der Waals surface area (Å²) in [6, 6.07) is -0.0162. The summed E-state index contributed by atoms with van der Waals surface area (Å²) in [5.41, 5.74) is 0. The van der Waals surface area contributed by atoms with Gasteiger partial charge in [0.1, 0.15) is 0 Å². The molecule has 70 valence electrons. The number of hydrogen-bond acceptors (Lipinski definition) is 3. The largest absolute Gasteiger partial charge is 0.464 e. The fourth-order valence-electron chi connectivity index (χ4n) is 1.44. The van der Waals surface area contributed by atoms with E-state index in [1.807, 2.05) is 0 Å². The molecular formula is C7H15N3O2. The molecule has 1 saturated heterocycles. The maximum Gasteiger partial charge on any atom is 0.421 e. The fourth-order valence-corrected chi connectivity index (χ4v) is 1.44. The van der Waals surface area contributed by atoms with E-state index >= 15 is 0 Å². The summed E-state index contributed by atoms with van der Waals surface area (Å²) in [6.45, 7) is 1.82. The number of nitrogens with two attached hydrogens (primary N) is 1. The third-order valence-corrected chi connectivity index (χ3v) is 2.16. The molecular weight excluding hydrogens is 158 g/mol. The number of hydrogen-bond donors (Lipinski definition) is 3. The van der Waals surface area contributed by atoms with Crippen LogP contribution in [0.3, 0.4) is 0 Å². The van der Waals surface area contributed by atoms with Gasteiger partial charge in [0.15, 0.2) is 0 Å². The maximum atomic E-state index is 10.5. The Labute approximate surface area is 71.5 Å². The van der Waals surface area contributed by atoms with Gasteiger partial charge < -0.3 is 10.4 Å². The standard InChI is InChI=1S/C7H15N3O2/c8-10(7(11)12)6-2-1-4-9-5-3-6/h6,9H,1-5,8H2,(H,11,12)/t6-/m0/s1. The van der Waals surface area contributed by atoms with Crippen LogP contribution in [0.2, 0.25) is 0 Å². The number of rotatable bonds is 1. The van der Waals surface area contributed by atoms with E-state index in [2.05, 4.69) is 5.32 Å². The van der Waals surface area contributed by atoms with Gasteiger partial charge in [-0.1, -0.05) is 0 Å². The Bertz CT molecular complexity index is 155. The van der Waals surface area contributed by atoms with Crippen LogP contribution in [-0.2, 0) is 0 Å². The molecule has 1 heterocycles. The zero-order valence-corrected chi connectivity index (χ0v) is 6.99. The summed E-state index contributed by atoms with van der Waals surface area (Å²) in [7, 11) is 0. The number of amides is 1. The fraction of sp³-hybridized carbons (Fsp3) is 0.857. The van der Waals surface area contributed by atoms with Crippen LogP contribution in [0, 0.1) is 0 Å². The van der Waals surface area contributed by atoms with Gasteiger partial charge in [-0.25, -0.2) is 15.6 Å². The highest BCUT2D eigenvalue weighted by Gasteiger charge is 2.20. The third kappa shape index (κ3) is 2.35. The van der Waals surface area contributed by atoms with Crippen LogP contribution in [0.15, 0.2) is 0 Å². The van der Waals surface area contributed by atoms with Crippen molar-refractivity contribution in [3.8, 4) is 0 Å². The van der Waals surface area contributed by atoms with Crippen LogP contribution in [0.1, 0.15) is 19.3 Å². The minimum absolute atomic E-state index is 0.0162. The van der Waals surface area contributed by atoms with Crippen LogP contribution < -0.4 is 11.2 Å². The quantitative estimate of drug-likeness (QED) is 0.296. The van der Waals surface area contributed by atoms with E-state index in [9.17, 15) is 4.79 Å². The van der Waals surface area contributed by atoms with Gasteiger partial charge >= 0.3 is 6.09 Å². The first-order chi connectivity index (χ1) is 5.72. The van der Waals surface area contributed by atoms with Gasteiger partial charge in [0.2, 0.25) is 0 Å². The lowest BCUT2D eigenvalue weighted by Gasteiger charge is -2.22. The molecule has 1 aliphatic rings. The molecule has 1 atom stereocenters. The highest BCUT2D eigenvalue weighted by Crippen LogP contribution is 2.09. The molecule has 0 aromatic heterocycles. The molecule has 0 radical (unpaired) electrons. The molecule has 12 heavy (non-hydrogen) atoms. The summed E-state index contributed by atoms with van der Waals surface area (Å²) < 4.78 is 0. The van der Waals surface area contributed by atoms with Gasteiger partial charge in [-0.3, -0.25) is 0 Å². The van der Waals surface area contributed by atoms with Crippen LogP contribution >= 0.6 is 0 Å². The first-order valence-electron chi connectivity index (χ1n) is 4.19. The first-order valence-corrected chi connectivity index (χ1v) is 4.19. The van der Waals surface area contributed by atoms with E-state index in [0.717, 1.165) is 37.4 Å². The lowest BCUT2D eigenvalue weighted by molar-refractivity contribution is 0.120. The molecule has 0 bridgehead atoms. The Kier molecular flexibility index (Phi) is 3.31. The predicted octanol–water partition coefficient (Wildman–Crippen LogP) is -0.0178. The second kappa shape index (κ2) is 4.27. The minimum atomic E-state index is -1.04. The lowest BCUT2D eigenvalue weighted by atomic mass is 10.1. The number of nitrogens with one attached hydrogen (secondary N) is 1. The maximum absolute atomic E-state index is 10.5. The number of carboxylic acid groups (broad SMARTS) is 1. The highest BCUT2D eigenvalue weighted by atomic mass is 16.4. The smallest absolute Gasteiger partial charge is 0.421 e. The van der Waals surface area contributed by atoms with Crippen LogP contribution in [0.4, 0.5) is 4.79 Å². The molecule has 1 amide bonds. The van der Waals surface area contributed by atoms with Crippen molar-refractivity contribution in [2.45, 2.75) is 25.3 Å². The summed E-state index contributed by atoms with van der Waals surface area (Å²) in [5.74, 6) is 5.37. The van der Waals surface area contributed by atoms with Crippen molar-refractivity contribution >= 4 is 6.09 Å². The van der Waals surface area contributed by atoms with Gasteiger partial charge in [-0.15, -0.1) is 0 Å². The van der Waals surface area contributed by atoms with Gasteiger partial charge in [-0.05, 0) is 32.4 Å². The Hall–Kier alpha value is -0.810. The Morgan fingerprint density at radius 1 is 1.50 bits per heavy atom. The molecule has 0 unspecified atom stereocenters. The van der Waals surface area contributed by atoms with Crippen LogP contribution in [0.25, 0.3) is 0 Å². The number of nitrogens with zero attached hydrogens (tertiary/aromatic N) is 1. The Balaban J connectivity index is 2.42. The second-order valence-electron chi connectivity index (χ2n) is 3.02. The van der Waals surface area contributed by atoms with Crippen molar-refractivity contribution in [3.05, 3.63) is 0 Å². The molecule has 0 aliphatic carbocycles. The van der Waals surface area contributed by atoms with Gasteiger partial charge in [-0.2, -0.15) is 0 Å². The zero-order chi connectivity index (χ0) is 8.97. The molecule has 5 heteroatoms. The van der Waals surface area contributed by atoms with Crippen LogP contribution in [0.5, 0.6) is 0 Å². The van der Waals surface area contributed by atoms with Crippen molar-refractivity contribution < 1.29 is 9.90 Å². The second-order valence-corrected chi connectivity index (χ2v) is 3.02. The van der Waals surface area contributed by atoms with E-state index in [1.54, 1.807) is 0 Å². The van der Waals surface area contributed by atoms with Crippen molar-refractivity contribution in [1.82, 2.24) is 10.3 Å². The normalized spacial score (nSPS) is 24.6. The Morgan fingerprint density at radius 2 is 2.25 bits per heavy atom. The number of hydrazine groups is 1. The third-order valence-electron chi connectivity index (χ3n) is 2.16. The minimum Gasteiger partial charge on any atom is -0.464 e. The van der Waals surface area contributed by atoms with E-state index in [4.69, 9.17) is 10.9 Å². The predicted molar refractivity (Wildman–Crippen MR) is 44.6 cm³/mol. The number of carbonyl (C=O) groups is 1. The SMILES string of the molecule is NN(C(=O)O)[C@H]1CCCNCC1. The van der Waals surface area contributed by atoms with Gasteiger partial charge in [0, 0.05) is 0 Å². The molecule has 1 fully saturated rings. The first kappa shape index (κ1) is 9.28. The molecule has 5 nitrogen and oxygen atoms in total. The monoisotopic (exact) mass is 173 g/mol. The van der Waals surface area contributed by atoms with Gasteiger partial charge in [0.05, 0.1) is 6.04 Å². The molecule has 0 aromatic carbocycles. The summed E-state index contributed by atoms with van der Waals surface area (Å²) in [4.78, 5) is 10.5. The van der Waals surface area contributed by atoms with E-state index < -0.39 is 6.09 Å². The molecule has 0 saturated carbocycles. The molecule has 1 rings (SSSR count). The van der Waals surface area contributed by atoms with Crippen molar-refractivity contribution in [1.29, 1.82) is 0 Å². The van der Waals surface area contributed by atoms with E-state index in [0.29, 0.717) is 0 Å². The van der Waals surface area contributed by atoms with E-state index in [-0.39, 0.29) is 6.04 Å². The molecule has 0 aromatic rings. The van der Waals surface area contributed by atoms with E-state index in [1.165, 1.54) is 0 Å². The average Bonchev–Trinajstić information content (AvgIpc) is 2.30. The van der Waals surface area contributed by atoms with Crippen LogP contribution in [-0.4, -0.2) is 35.3 Å². The zero-order valence-electron chi connectivity index (χ0n) is 6.99. The highest BCUT2D eigenvalue weighted by molar-refractivity contribution is 5.64. The van der Waals surface area contributed by atoms with Crippen molar-refractivity contribution in [2.75, 3.05) is 13.1 Å². The summed E-state index contributed by atoms with van der Waals surface area (Å²) in [5, 5.41) is 12.7.